The first-order valence-corrected chi connectivity index (χ1v) is 13.7. The van der Waals surface area contributed by atoms with Gasteiger partial charge in [0, 0.05) is 24.7 Å². The van der Waals surface area contributed by atoms with Crippen LogP contribution in [0.3, 0.4) is 0 Å². The van der Waals surface area contributed by atoms with Crippen LogP contribution < -0.4 is 16.1 Å². The van der Waals surface area contributed by atoms with Crippen molar-refractivity contribution in [3.63, 3.8) is 0 Å². The lowest BCUT2D eigenvalue weighted by Gasteiger charge is -2.47. The Morgan fingerprint density at radius 2 is 1.68 bits per heavy atom. The van der Waals surface area contributed by atoms with Crippen molar-refractivity contribution in [1.82, 2.24) is 15.5 Å². The van der Waals surface area contributed by atoms with E-state index in [9.17, 15) is 32.3 Å². The fraction of sp³-hybridized carbons (Fsp3) is 0.586. The Morgan fingerprint density at radius 3 is 2.27 bits per heavy atom. The first-order valence-electron chi connectivity index (χ1n) is 13.7. The second-order valence-corrected chi connectivity index (χ2v) is 11.9. The maximum atomic E-state index is 13.5. The minimum atomic E-state index is -4.63. The Morgan fingerprint density at radius 1 is 1.02 bits per heavy atom. The summed E-state index contributed by atoms with van der Waals surface area (Å²) in [7, 11) is 0. The Balaban J connectivity index is 1.40. The largest absolute Gasteiger partial charge is 0.451 e. The molecule has 1 aromatic carbocycles. The number of hydrogen-bond acceptors (Lipinski definition) is 5. The van der Waals surface area contributed by atoms with E-state index in [4.69, 9.17) is 4.42 Å². The van der Waals surface area contributed by atoms with Crippen LogP contribution in [0.15, 0.2) is 33.5 Å². The van der Waals surface area contributed by atoms with E-state index in [1.807, 2.05) is 20.8 Å². The van der Waals surface area contributed by atoms with Gasteiger partial charge >= 0.3 is 6.18 Å². The van der Waals surface area contributed by atoms with Gasteiger partial charge in [-0.25, -0.2) is 0 Å². The molecule has 11 heteroatoms. The quantitative estimate of drug-likeness (QED) is 0.551. The van der Waals surface area contributed by atoms with E-state index in [0.29, 0.717) is 32.0 Å². The van der Waals surface area contributed by atoms with Crippen LogP contribution in [-0.2, 0) is 15.8 Å². The van der Waals surface area contributed by atoms with Crippen molar-refractivity contribution in [2.24, 2.45) is 11.3 Å². The van der Waals surface area contributed by atoms with Crippen LogP contribution in [-0.4, -0.2) is 47.8 Å². The number of benzene rings is 1. The van der Waals surface area contributed by atoms with Crippen molar-refractivity contribution < 1.29 is 32.0 Å². The molecule has 2 aliphatic rings. The van der Waals surface area contributed by atoms with Gasteiger partial charge in [0.1, 0.15) is 5.58 Å². The number of likely N-dealkylation sites (tertiary alicyclic amines) is 1. The molecule has 0 radical (unpaired) electrons. The van der Waals surface area contributed by atoms with E-state index in [2.05, 4.69) is 10.6 Å². The molecule has 3 amide bonds. The summed E-state index contributed by atoms with van der Waals surface area (Å²) in [5, 5.41) is 5.31. The van der Waals surface area contributed by atoms with Gasteiger partial charge in [-0.1, -0.05) is 19.3 Å². The highest BCUT2D eigenvalue weighted by atomic mass is 19.4. The summed E-state index contributed by atoms with van der Waals surface area (Å²) in [5.74, 6) is -1.26. The molecule has 1 aliphatic carbocycles. The van der Waals surface area contributed by atoms with Crippen molar-refractivity contribution in [2.75, 3.05) is 19.6 Å². The zero-order chi connectivity index (χ0) is 29.3. The lowest BCUT2D eigenvalue weighted by Crippen LogP contribution is -2.57. The third-order valence-corrected chi connectivity index (χ3v) is 8.01. The predicted octanol–water partition coefficient (Wildman–Crippen LogP) is 4.65. The van der Waals surface area contributed by atoms with Gasteiger partial charge in [0.2, 0.25) is 11.8 Å². The molecule has 1 aliphatic heterocycles. The summed E-state index contributed by atoms with van der Waals surface area (Å²) >= 11 is 0. The van der Waals surface area contributed by atoms with Crippen LogP contribution in [0.25, 0.3) is 11.0 Å². The molecule has 1 saturated carbocycles. The molecule has 1 aromatic heterocycles. The number of halogens is 3. The summed E-state index contributed by atoms with van der Waals surface area (Å²) in [4.78, 5) is 53.1. The number of amides is 3. The Kier molecular flexibility index (Phi) is 8.33. The summed E-state index contributed by atoms with van der Waals surface area (Å²) < 4.78 is 44.3. The molecule has 1 saturated heterocycles. The number of nitrogens with one attached hydrogen (secondary N) is 2. The third-order valence-electron chi connectivity index (χ3n) is 8.01. The van der Waals surface area contributed by atoms with Gasteiger partial charge in [-0.2, -0.15) is 13.2 Å². The number of nitrogens with zero attached hydrogens (tertiary/aromatic N) is 1. The third kappa shape index (κ3) is 6.50. The topological polar surface area (TPSA) is 109 Å². The normalized spacial score (nSPS) is 18.4. The van der Waals surface area contributed by atoms with Gasteiger partial charge in [0.05, 0.1) is 22.9 Å². The van der Waals surface area contributed by atoms with Gasteiger partial charge in [0.15, 0.2) is 11.2 Å². The number of fused-ring (bicyclic) bond motifs is 1. The van der Waals surface area contributed by atoms with Gasteiger partial charge in [0.25, 0.3) is 5.91 Å². The summed E-state index contributed by atoms with van der Waals surface area (Å²) in [6.45, 7) is 6.29. The first-order chi connectivity index (χ1) is 18.7. The van der Waals surface area contributed by atoms with Crippen LogP contribution in [0.2, 0.25) is 0 Å². The van der Waals surface area contributed by atoms with E-state index in [1.54, 1.807) is 4.90 Å². The van der Waals surface area contributed by atoms with Gasteiger partial charge in [-0.15, -0.1) is 0 Å². The van der Waals surface area contributed by atoms with Gasteiger partial charge in [-0.05, 0) is 70.6 Å². The maximum absolute atomic E-state index is 13.5. The molecule has 40 heavy (non-hydrogen) atoms. The highest BCUT2D eigenvalue weighted by Gasteiger charge is 2.48. The van der Waals surface area contributed by atoms with Crippen molar-refractivity contribution in [3.05, 3.63) is 45.8 Å². The van der Waals surface area contributed by atoms with Crippen LogP contribution in [0.1, 0.15) is 81.8 Å². The summed E-state index contributed by atoms with van der Waals surface area (Å²) in [6.07, 6.45) is 1.81. The molecule has 0 unspecified atom stereocenters. The van der Waals surface area contributed by atoms with Crippen LogP contribution in [0.4, 0.5) is 13.2 Å². The van der Waals surface area contributed by atoms with Crippen molar-refractivity contribution >= 4 is 28.7 Å². The van der Waals surface area contributed by atoms with Crippen molar-refractivity contribution in [2.45, 2.75) is 77.4 Å². The molecular weight excluding hydrogens is 527 g/mol. The van der Waals surface area contributed by atoms with E-state index < -0.39 is 34.3 Å². The number of rotatable bonds is 5. The molecule has 8 nitrogen and oxygen atoms in total. The smallest absolute Gasteiger partial charge is 0.416 e. The second-order valence-electron chi connectivity index (χ2n) is 11.9. The molecule has 218 valence electrons. The molecule has 2 fully saturated rings. The van der Waals surface area contributed by atoms with E-state index in [-0.39, 0.29) is 40.8 Å². The minimum absolute atomic E-state index is 0.0426. The lowest BCUT2D eigenvalue weighted by molar-refractivity contribution is -0.145. The van der Waals surface area contributed by atoms with Gasteiger partial charge in [-0.3, -0.25) is 19.2 Å². The highest BCUT2D eigenvalue weighted by Crippen LogP contribution is 2.46. The molecule has 0 atom stereocenters. The van der Waals surface area contributed by atoms with Crippen molar-refractivity contribution in [3.8, 4) is 0 Å². The average molecular weight is 564 g/mol. The average Bonchev–Trinajstić information content (AvgIpc) is 2.90. The fourth-order valence-electron chi connectivity index (χ4n) is 5.90. The number of hydrogen-bond donors (Lipinski definition) is 2. The number of alkyl halides is 3. The molecule has 2 aromatic rings. The van der Waals surface area contributed by atoms with Gasteiger partial charge < -0.3 is 20.0 Å². The molecular formula is C29H36F3N3O5. The minimum Gasteiger partial charge on any atom is -0.451 e. The Labute approximate surface area is 230 Å². The standard InChI is InChI=1S/C29H36F3N3O5/c1-27(2,3)34-26(39)28(18-7-5-4-6-8-18)11-13-35(14-12-28)24(37)17-33-25(38)23-16-21(36)20-15-19(29(30,31)32)9-10-22(20)40-23/h9-10,15-16,18H,4-8,11-14,17H2,1-3H3,(H,33,38)(H,34,39). The molecule has 2 N–H and O–H groups in total. The summed E-state index contributed by atoms with van der Waals surface area (Å²) in [6, 6.07) is 3.25. The number of carbonyl (C=O) groups is 3. The van der Waals surface area contributed by atoms with Crippen LogP contribution >= 0.6 is 0 Å². The molecule has 0 bridgehead atoms. The zero-order valence-corrected chi connectivity index (χ0v) is 23.1. The SMILES string of the molecule is CC(C)(C)NC(=O)C1(C2CCCCC2)CCN(C(=O)CNC(=O)c2cc(=O)c3cc(C(F)(F)F)ccc3o2)CC1. The monoisotopic (exact) mass is 563 g/mol. The zero-order valence-electron chi connectivity index (χ0n) is 23.1. The highest BCUT2D eigenvalue weighted by molar-refractivity contribution is 5.95. The van der Waals surface area contributed by atoms with Crippen LogP contribution in [0.5, 0.6) is 0 Å². The van der Waals surface area contributed by atoms with E-state index >= 15 is 0 Å². The van der Waals surface area contributed by atoms with Crippen LogP contribution in [0, 0.1) is 11.3 Å². The Bertz CT molecular complexity index is 1330. The van der Waals surface area contributed by atoms with E-state index in [1.165, 1.54) is 6.42 Å². The predicted molar refractivity (Wildman–Crippen MR) is 143 cm³/mol. The van der Waals surface area contributed by atoms with E-state index in [0.717, 1.165) is 43.9 Å². The second kappa shape index (κ2) is 11.2. The number of piperidine rings is 1. The maximum Gasteiger partial charge on any atom is 0.416 e. The lowest BCUT2D eigenvalue weighted by atomic mass is 9.63. The summed E-state index contributed by atoms with van der Waals surface area (Å²) in [5.41, 5.74) is -2.86. The Hall–Kier alpha value is -3.37. The molecule has 4 rings (SSSR count). The van der Waals surface area contributed by atoms with Crippen molar-refractivity contribution in [1.29, 1.82) is 0 Å². The molecule has 0 spiro atoms. The first kappa shape index (κ1) is 29.6. The fourth-order valence-corrected chi connectivity index (χ4v) is 5.90. The molecule has 2 heterocycles. The number of carbonyl (C=O) groups excluding carboxylic acids is 3.